The highest BCUT2D eigenvalue weighted by Gasteiger charge is 2.12. The van der Waals surface area contributed by atoms with Gasteiger partial charge in [-0.1, -0.05) is 13.3 Å². The van der Waals surface area contributed by atoms with Gasteiger partial charge < -0.3 is 0 Å². The third-order valence-electron chi connectivity index (χ3n) is 0.696. The van der Waals surface area contributed by atoms with Gasteiger partial charge in [0.25, 0.3) is 0 Å². The van der Waals surface area contributed by atoms with Gasteiger partial charge in [-0.15, -0.1) is 0 Å². The Morgan fingerprint density at radius 3 is 2.00 bits per heavy atom. The Hall–Kier alpha value is -0.0400. The maximum Gasteiger partial charge on any atom is 0.101 e. The summed E-state index contributed by atoms with van der Waals surface area (Å²) >= 11 is 0. The first-order valence-corrected chi connectivity index (χ1v) is 2.61. The van der Waals surface area contributed by atoms with Crippen molar-refractivity contribution in [2.24, 2.45) is 0 Å². The quantitative estimate of drug-likeness (QED) is 0.504. The zero-order valence-corrected chi connectivity index (χ0v) is 5.19. The highest BCUT2D eigenvalue weighted by molar-refractivity contribution is 4.81. The van der Waals surface area contributed by atoms with Crippen molar-refractivity contribution in [2.75, 3.05) is 0 Å². The average molecular weight is 100 g/mol. The number of hydrogen-bond donors (Lipinski definition) is 0. The molecule has 0 heterocycles. The van der Waals surface area contributed by atoms with Gasteiger partial charge in [0.1, 0.15) is 5.60 Å². The van der Waals surface area contributed by atoms with Crippen molar-refractivity contribution in [3.05, 3.63) is 6.42 Å². The van der Waals surface area contributed by atoms with Crippen LogP contribution in [-0.2, 0) is 5.11 Å². The van der Waals surface area contributed by atoms with Crippen LogP contribution in [0.2, 0.25) is 0 Å². The van der Waals surface area contributed by atoms with Gasteiger partial charge in [-0.25, -0.2) is 5.11 Å². The standard InChI is InChI=1S/C6H12O/c1-4-5-6(2,3)7/h5H,4H2,1-3H3. The molecule has 0 saturated carbocycles. The van der Waals surface area contributed by atoms with E-state index in [0.717, 1.165) is 6.42 Å². The van der Waals surface area contributed by atoms with Crippen LogP contribution in [0.25, 0.3) is 0 Å². The maximum absolute atomic E-state index is 10.6. The van der Waals surface area contributed by atoms with E-state index in [9.17, 15) is 5.11 Å². The lowest BCUT2D eigenvalue weighted by Crippen LogP contribution is -2.15. The molecule has 1 heteroatoms. The van der Waals surface area contributed by atoms with Crippen LogP contribution in [0.15, 0.2) is 0 Å². The summed E-state index contributed by atoms with van der Waals surface area (Å²) < 4.78 is 0. The van der Waals surface area contributed by atoms with Gasteiger partial charge >= 0.3 is 0 Å². The number of hydrogen-bond acceptors (Lipinski definition) is 0. The van der Waals surface area contributed by atoms with Crippen LogP contribution in [0.5, 0.6) is 0 Å². The molecule has 0 aromatic rings. The topological polar surface area (TPSA) is 19.9 Å². The zero-order chi connectivity index (χ0) is 5.91. The second kappa shape index (κ2) is 2.31. The maximum atomic E-state index is 10.6. The molecule has 42 valence electrons. The second-order valence-electron chi connectivity index (χ2n) is 2.22. The molecule has 0 N–H and O–H groups in total. The predicted molar refractivity (Wildman–Crippen MR) is 29.4 cm³/mol. The van der Waals surface area contributed by atoms with E-state index in [-0.39, 0.29) is 0 Å². The molecule has 7 heavy (non-hydrogen) atoms. The van der Waals surface area contributed by atoms with Crippen molar-refractivity contribution < 1.29 is 5.11 Å². The molecular formula is C6H12O. The van der Waals surface area contributed by atoms with E-state index in [1.807, 2.05) is 6.92 Å². The van der Waals surface area contributed by atoms with Crippen LogP contribution >= 0.6 is 0 Å². The first-order chi connectivity index (χ1) is 3.06. The van der Waals surface area contributed by atoms with Crippen LogP contribution in [0.3, 0.4) is 0 Å². The minimum Gasteiger partial charge on any atom is -0.230 e. The van der Waals surface area contributed by atoms with Crippen molar-refractivity contribution in [1.82, 2.24) is 0 Å². The van der Waals surface area contributed by atoms with Gasteiger partial charge in [0, 0.05) is 0 Å². The smallest absolute Gasteiger partial charge is 0.101 e. The van der Waals surface area contributed by atoms with Crippen molar-refractivity contribution in [3.63, 3.8) is 0 Å². The molecule has 0 aromatic carbocycles. The summed E-state index contributed by atoms with van der Waals surface area (Å²) in [5.41, 5.74) is -0.825. The molecule has 0 unspecified atom stereocenters. The number of rotatable bonds is 2. The zero-order valence-electron chi connectivity index (χ0n) is 5.19. The molecule has 0 amide bonds. The summed E-state index contributed by atoms with van der Waals surface area (Å²) in [5.74, 6) is 0. The molecule has 0 spiro atoms. The van der Waals surface area contributed by atoms with E-state index in [1.54, 1.807) is 20.3 Å². The largest absolute Gasteiger partial charge is 0.230 e. The average Bonchev–Trinajstić information content (AvgIpc) is 1.30. The van der Waals surface area contributed by atoms with E-state index in [4.69, 9.17) is 0 Å². The summed E-state index contributed by atoms with van der Waals surface area (Å²) in [6, 6.07) is 0. The SMILES string of the molecule is CC[CH]C(C)(C)[O]. The van der Waals surface area contributed by atoms with Gasteiger partial charge in [-0.05, 0) is 20.3 Å². The third kappa shape index (κ3) is 5.96. The Morgan fingerprint density at radius 2 is 2.00 bits per heavy atom. The Balaban J connectivity index is 3.15. The summed E-state index contributed by atoms with van der Waals surface area (Å²) in [6.45, 7) is 5.30. The second-order valence-corrected chi connectivity index (χ2v) is 2.22. The fourth-order valence-electron chi connectivity index (χ4n) is 0.492. The molecule has 0 atom stereocenters. The first kappa shape index (κ1) is 6.96. The third-order valence-corrected chi connectivity index (χ3v) is 0.696. The molecule has 1 nitrogen and oxygen atoms in total. The van der Waals surface area contributed by atoms with Gasteiger partial charge in [0.05, 0.1) is 0 Å². The Labute approximate surface area is 45.4 Å². The predicted octanol–water partition coefficient (Wildman–Crippen LogP) is 1.81. The summed E-state index contributed by atoms with van der Waals surface area (Å²) in [5, 5.41) is 10.6. The molecule has 0 rings (SSSR count). The summed E-state index contributed by atoms with van der Waals surface area (Å²) in [4.78, 5) is 0. The normalized spacial score (nSPS) is 12.0. The van der Waals surface area contributed by atoms with Crippen LogP contribution in [-0.4, -0.2) is 5.60 Å². The van der Waals surface area contributed by atoms with Crippen LogP contribution in [0.4, 0.5) is 0 Å². The van der Waals surface area contributed by atoms with Crippen LogP contribution in [0.1, 0.15) is 27.2 Å². The molecule has 0 aliphatic heterocycles. The van der Waals surface area contributed by atoms with Gasteiger partial charge in [-0.3, -0.25) is 0 Å². The fraction of sp³-hybridized carbons (Fsp3) is 0.833. The Bertz CT molecular complexity index is 42.6. The first-order valence-electron chi connectivity index (χ1n) is 2.61. The summed E-state index contributed by atoms with van der Waals surface area (Å²) in [6.07, 6.45) is 2.63. The van der Waals surface area contributed by atoms with Crippen molar-refractivity contribution in [3.8, 4) is 0 Å². The van der Waals surface area contributed by atoms with Crippen molar-refractivity contribution >= 4 is 0 Å². The van der Waals surface area contributed by atoms with Gasteiger partial charge in [-0.2, -0.15) is 0 Å². The minimum atomic E-state index is -0.825. The van der Waals surface area contributed by atoms with Crippen molar-refractivity contribution in [1.29, 1.82) is 0 Å². The van der Waals surface area contributed by atoms with Crippen molar-refractivity contribution in [2.45, 2.75) is 32.8 Å². The lowest BCUT2D eigenvalue weighted by molar-refractivity contribution is 0.0318. The fourth-order valence-corrected chi connectivity index (χ4v) is 0.492. The molecule has 0 aromatic heterocycles. The highest BCUT2D eigenvalue weighted by Crippen LogP contribution is 2.07. The molecular weight excluding hydrogens is 88.1 g/mol. The molecule has 2 radical (unpaired) electrons. The van der Waals surface area contributed by atoms with Gasteiger partial charge in [0.2, 0.25) is 0 Å². The highest BCUT2D eigenvalue weighted by atomic mass is 16.3. The molecule has 0 aliphatic carbocycles. The lowest BCUT2D eigenvalue weighted by Gasteiger charge is -2.09. The monoisotopic (exact) mass is 100 g/mol. The van der Waals surface area contributed by atoms with Crippen LogP contribution in [0, 0.1) is 6.42 Å². The van der Waals surface area contributed by atoms with E-state index in [1.165, 1.54) is 0 Å². The molecule has 0 fully saturated rings. The van der Waals surface area contributed by atoms with E-state index < -0.39 is 5.60 Å². The summed E-state index contributed by atoms with van der Waals surface area (Å²) in [7, 11) is 0. The van der Waals surface area contributed by atoms with E-state index in [2.05, 4.69) is 0 Å². The minimum absolute atomic E-state index is 0.825. The van der Waals surface area contributed by atoms with Gasteiger partial charge in [0.15, 0.2) is 0 Å². The van der Waals surface area contributed by atoms with E-state index >= 15 is 0 Å². The lowest BCUT2D eigenvalue weighted by atomic mass is 10.0. The van der Waals surface area contributed by atoms with E-state index in [0.29, 0.717) is 0 Å². The molecule has 0 saturated heterocycles. The Morgan fingerprint density at radius 1 is 1.57 bits per heavy atom. The molecule has 0 bridgehead atoms. The molecule has 0 aliphatic rings. The van der Waals surface area contributed by atoms with Crippen LogP contribution < -0.4 is 0 Å². The Kier molecular flexibility index (Phi) is 2.30.